The van der Waals surface area contributed by atoms with E-state index < -0.39 is 11.8 Å². The molecule has 0 radical (unpaired) electrons. The molecule has 2 aromatic rings. The molecule has 0 saturated heterocycles. The minimum atomic E-state index is -0.994. The second-order valence-electron chi connectivity index (χ2n) is 4.94. The number of hydrogen-bond acceptors (Lipinski definition) is 2. The highest BCUT2D eigenvalue weighted by atomic mass is 19.1. The van der Waals surface area contributed by atoms with Crippen LogP contribution in [0.25, 0.3) is 10.9 Å². The quantitative estimate of drug-likeness (QED) is 0.897. The van der Waals surface area contributed by atoms with E-state index in [0.29, 0.717) is 5.39 Å². The zero-order valence-electron chi connectivity index (χ0n) is 10.6. The van der Waals surface area contributed by atoms with Crippen LogP contribution in [-0.2, 0) is 6.42 Å². The van der Waals surface area contributed by atoms with E-state index in [1.165, 1.54) is 12.1 Å². The number of pyridine rings is 1. The summed E-state index contributed by atoms with van der Waals surface area (Å²) in [5, 5.41) is 9.85. The van der Waals surface area contributed by atoms with E-state index in [1.54, 1.807) is 6.07 Å². The zero-order valence-corrected chi connectivity index (χ0v) is 10.6. The molecule has 0 bridgehead atoms. The Bertz CT molecular complexity index is 681. The highest BCUT2D eigenvalue weighted by Crippen LogP contribution is 2.38. The van der Waals surface area contributed by atoms with Crippen molar-refractivity contribution in [2.24, 2.45) is 0 Å². The predicted molar refractivity (Wildman–Crippen MR) is 70.0 cm³/mol. The highest BCUT2D eigenvalue weighted by molar-refractivity contribution is 6.04. The van der Waals surface area contributed by atoms with Gasteiger partial charge in [0.25, 0.3) is 0 Å². The van der Waals surface area contributed by atoms with Gasteiger partial charge in [-0.15, -0.1) is 0 Å². The molecular formula is C15H14FNO2. The molecule has 1 unspecified atom stereocenters. The maximum absolute atomic E-state index is 13.9. The van der Waals surface area contributed by atoms with Gasteiger partial charge in [0, 0.05) is 17.0 Å². The summed E-state index contributed by atoms with van der Waals surface area (Å²) in [5.41, 5.74) is 1.98. The SMILES string of the molecule is CCC1CCc2c1nc1c(F)cccc1c2C(=O)O. The van der Waals surface area contributed by atoms with Crippen molar-refractivity contribution < 1.29 is 14.3 Å². The third kappa shape index (κ3) is 1.70. The van der Waals surface area contributed by atoms with Gasteiger partial charge in [-0.1, -0.05) is 19.1 Å². The maximum Gasteiger partial charge on any atom is 0.336 e. The summed E-state index contributed by atoms with van der Waals surface area (Å²) in [6.07, 6.45) is 2.52. The molecule has 0 amide bonds. The monoisotopic (exact) mass is 259 g/mol. The van der Waals surface area contributed by atoms with Crippen LogP contribution in [0.3, 0.4) is 0 Å². The van der Waals surface area contributed by atoms with Crippen molar-refractivity contribution in [1.29, 1.82) is 0 Å². The van der Waals surface area contributed by atoms with Gasteiger partial charge in [0.15, 0.2) is 0 Å². The first-order valence-corrected chi connectivity index (χ1v) is 6.47. The molecule has 0 spiro atoms. The van der Waals surface area contributed by atoms with Crippen molar-refractivity contribution in [2.75, 3.05) is 0 Å². The van der Waals surface area contributed by atoms with Gasteiger partial charge < -0.3 is 5.11 Å². The van der Waals surface area contributed by atoms with Crippen LogP contribution < -0.4 is 0 Å². The number of benzene rings is 1. The molecular weight excluding hydrogens is 245 g/mol. The summed E-state index contributed by atoms with van der Waals surface area (Å²) in [6.45, 7) is 2.05. The summed E-state index contributed by atoms with van der Waals surface area (Å²) in [6, 6.07) is 4.49. The van der Waals surface area contributed by atoms with E-state index in [0.717, 1.165) is 30.5 Å². The van der Waals surface area contributed by atoms with Crippen LogP contribution >= 0.6 is 0 Å². The number of carboxylic acid groups (broad SMARTS) is 1. The summed E-state index contributed by atoms with van der Waals surface area (Å²) in [4.78, 5) is 15.9. The highest BCUT2D eigenvalue weighted by Gasteiger charge is 2.29. The first-order valence-electron chi connectivity index (χ1n) is 6.47. The van der Waals surface area contributed by atoms with E-state index in [-0.39, 0.29) is 17.0 Å². The molecule has 98 valence electrons. The van der Waals surface area contributed by atoms with Crippen molar-refractivity contribution in [1.82, 2.24) is 4.98 Å². The van der Waals surface area contributed by atoms with Gasteiger partial charge in [0.05, 0.1) is 5.56 Å². The van der Waals surface area contributed by atoms with Crippen molar-refractivity contribution in [2.45, 2.75) is 32.1 Å². The number of aromatic nitrogens is 1. The number of fused-ring (bicyclic) bond motifs is 2. The molecule has 3 nitrogen and oxygen atoms in total. The second-order valence-corrected chi connectivity index (χ2v) is 4.94. The average Bonchev–Trinajstić information content (AvgIpc) is 2.79. The first kappa shape index (κ1) is 12.1. The van der Waals surface area contributed by atoms with Gasteiger partial charge in [-0.2, -0.15) is 0 Å². The molecule has 0 aliphatic heterocycles. The lowest BCUT2D eigenvalue weighted by atomic mass is 9.99. The summed E-state index contributed by atoms with van der Waals surface area (Å²) < 4.78 is 13.9. The van der Waals surface area contributed by atoms with Gasteiger partial charge in [-0.25, -0.2) is 14.2 Å². The first-order chi connectivity index (χ1) is 9.13. The number of carbonyl (C=O) groups is 1. The molecule has 3 rings (SSSR count). The van der Waals surface area contributed by atoms with Gasteiger partial charge >= 0.3 is 5.97 Å². The summed E-state index contributed by atoms with van der Waals surface area (Å²) >= 11 is 0. The van der Waals surface area contributed by atoms with E-state index in [4.69, 9.17) is 0 Å². The normalized spacial score (nSPS) is 17.7. The molecule has 1 aromatic heterocycles. The molecule has 0 saturated carbocycles. The molecule has 1 atom stereocenters. The number of halogens is 1. The standard InChI is InChI=1S/C15H14FNO2/c1-2-8-6-7-10-12(15(18)19)9-4-3-5-11(16)14(9)17-13(8)10/h3-5,8H,2,6-7H2,1H3,(H,18,19). The van der Waals surface area contributed by atoms with Crippen LogP contribution in [0.15, 0.2) is 18.2 Å². The van der Waals surface area contributed by atoms with Gasteiger partial charge in [-0.05, 0) is 30.9 Å². The lowest BCUT2D eigenvalue weighted by Gasteiger charge is -2.12. The topological polar surface area (TPSA) is 50.2 Å². The van der Waals surface area contributed by atoms with Crippen LogP contribution in [0.5, 0.6) is 0 Å². The van der Waals surface area contributed by atoms with Crippen molar-refractivity contribution in [3.8, 4) is 0 Å². The van der Waals surface area contributed by atoms with Crippen LogP contribution in [0, 0.1) is 5.82 Å². The van der Waals surface area contributed by atoms with Crippen LogP contribution in [0.1, 0.15) is 47.3 Å². The Morgan fingerprint density at radius 2 is 2.32 bits per heavy atom. The number of hydrogen-bond donors (Lipinski definition) is 1. The number of rotatable bonds is 2. The number of aromatic carboxylic acids is 1. The average molecular weight is 259 g/mol. The Kier molecular flexibility index (Phi) is 2.73. The van der Waals surface area contributed by atoms with Gasteiger partial charge in [0.1, 0.15) is 11.3 Å². The molecule has 4 heteroatoms. The number of para-hydroxylation sites is 1. The molecule has 1 heterocycles. The smallest absolute Gasteiger partial charge is 0.336 e. The van der Waals surface area contributed by atoms with Crippen LogP contribution in [0.4, 0.5) is 4.39 Å². The predicted octanol–water partition coefficient (Wildman–Crippen LogP) is 3.51. The van der Waals surface area contributed by atoms with Crippen LogP contribution in [0.2, 0.25) is 0 Å². The van der Waals surface area contributed by atoms with Crippen molar-refractivity contribution >= 4 is 16.9 Å². The van der Waals surface area contributed by atoms with E-state index in [1.807, 2.05) is 6.92 Å². The van der Waals surface area contributed by atoms with Gasteiger partial charge in [-0.3, -0.25) is 0 Å². The Hall–Kier alpha value is -1.97. The minimum Gasteiger partial charge on any atom is -0.478 e. The third-order valence-electron chi connectivity index (χ3n) is 3.94. The lowest BCUT2D eigenvalue weighted by Crippen LogP contribution is -2.07. The fraction of sp³-hybridized carbons (Fsp3) is 0.333. The Labute approximate surface area is 110 Å². The molecule has 0 fully saturated rings. The Morgan fingerprint density at radius 3 is 3.00 bits per heavy atom. The fourth-order valence-electron chi connectivity index (χ4n) is 3.00. The minimum absolute atomic E-state index is 0.180. The third-order valence-corrected chi connectivity index (χ3v) is 3.94. The van der Waals surface area contributed by atoms with E-state index in [2.05, 4.69) is 4.98 Å². The van der Waals surface area contributed by atoms with Crippen LogP contribution in [-0.4, -0.2) is 16.1 Å². The molecule has 1 N–H and O–H groups in total. The Morgan fingerprint density at radius 1 is 1.53 bits per heavy atom. The largest absolute Gasteiger partial charge is 0.478 e. The van der Waals surface area contributed by atoms with Gasteiger partial charge in [0.2, 0.25) is 0 Å². The van der Waals surface area contributed by atoms with E-state index in [9.17, 15) is 14.3 Å². The maximum atomic E-state index is 13.9. The fourth-order valence-corrected chi connectivity index (χ4v) is 3.00. The van der Waals surface area contributed by atoms with E-state index >= 15 is 0 Å². The number of nitrogens with zero attached hydrogens (tertiary/aromatic N) is 1. The molecule has 1 aliphatic carbocycles. The number of carboxylic acids is 1. The lowest BCUT2D eigenvalue weighted by molar-refractivity contribution is 0.0698. The summed E-state index contributed by atoms with van der Waals surface area (Å²) in [7, 11) is 0. The molecule has 1 aromatic carbocycles. The van der Waals surface area contributed by atoms with Crippen molar-refractivity contribution in [3.63, 3.8) is 0 Å². The molecule has 19 heavy (non-hydrogen) atoms. The second kappa shape index (κ2) is 4.30. The summed E-state index contributed by atoms with van der Waals surface area (Å²) in [5.74, 6) is -1.20. The zero-order chi connectivity index (χ0) is 13.6. The van der Waals surface area contributed by atoms with Crippen molar-refractivity contribution in [3.05, 3.63) is 40.8 Å². The Balaban J connectivity index is 2.42. The molecule has 1 aliphatic rings.